The topological polar surface area (TPSA) is 64.8 Å². The van der Waals surface area contributed by atoms with Crippen LogP contribution in [-0.2, 0) is 47.0 Å². The van der Waals surface area contributed by atoms with Crippen molar-refractivity contribution < 1.29 is 47.0 Å². The maximum Gasteiger partial charge on any atom is 0.171 e. The zero-order valence-corrected chi connectivity index (χ0v) is 11.5. The Labute approximate surface area is 115 Å². The van der Waals surface area contributed by atoms with Crippen molar-refractivity contribution >= 4 is 5.91 Å². The van der Waals surface area contributed by atoms with Crippen molar-refractivity contribution in [3.63, 3.8) is 0 Å². The minimum atomic E-state index is -0.411. The van der Waals surface area contributed by atoms with Crippen LogP contribution in [0.2, 0.25) is 0 Å². The first kappa shape index (κ1) is 13.4. The van der Waals surface area contributed by atoms with Crippen molar-refractivity contribution in [3.8, 4) is 0 Å². The average Bonchev–Trinajstić information content (AvgIpc) is 2.67. The maximum atomic E-state index is 11.2. The Morgan fingerprint density at radius 1 is 1.27 bits per heavy atom. The van der Waals surface area contributed by atoms with E-state index in [9.17, 15) is 4.79 Å². The van der Waals surface area contributed by atoms with Crippen LogP contribution in [0.25, 0.3) is 0 Å². The number of carbonyl (C=O) groups is 1. The average molecular weight is 288 g/mol. The second kappa shape index (κ2) is 5.59. The molecule has 1 spiro atoms. The third kappa shape index (κ3) is 2.91. The van der Waals surface area contributed by atoms with Crippen LogP contribution in [0, 0.1) is 6.54 Å². The Bertz CT molecular complexity index is 221. The van der Waals surface area contributed by atoms with Crippen LogP contribution in [0.15, 0.2) is 0 Å². The number of hydrogen-bond acceptors (Lipinski definition) is 4. The normalized spacial score (nSPS) is 23.7. The van der Waals surface area contributed by atoms with Crippen molar-refractivity contribution in [1.82, 2.24) is 4.90 Å². The van der Waals surface area contributed by atoms with Crippen LogP contribution in [0.4, 0.5) is 0 Å². The Kier molecular flexibility index (Phi) is 4.99. The minimum absolute atomic E-state index is 0. The summed E-state index contributed by atoms with van der Waals surface area (Å²) in [4.78, 5) is 13.0. The van der Waals surface area contributed by atoms with Crippen molar-refractivity contribution in [2.75, 3.05) is 26.3 Å². The first-order chi connectivity index (χ1) is 6.76. The van der Waals surface area contributed by atoms with E-state index in [4.69, 9.17) is 15.2 Å². The molecular weight excluding hydrogens is 273 g/mol. The molecule has 1 amide bonds. The zero-order chi connectivity index (χ0) is 10.0. The number of piperidine rings is 1. The summed E-state index contributed by atoms with van der Waals surface area (Å²) < 4.78 is 11.1. The van der Waals surface area contributed by atoms with Crippen LogP contribution in [0.3, 0.4) is 0 Å². The van der Waals surface area contributed by atoms with Gasteiger partial charge >= 0.3 is 0 Å². The Balaban J connectivity index is 0.00000112. The number of hydrogen-bond donors (Lipinski definition) is 1. The van der Waals surface area contributed by atoms with E-state index in [1.165, 1.54) is 0 Å². The van der Waals surface area contributed by atoms with Gasteiger partial charge in [-0.05, 0) is 0 Å². The number of nitrogens with zero attached hydrogens (tertiary/aromatic N) is 1. The van der Waals surface area contributed by atoms with Gasteiger partial charge in [0.15, 0.2) is 5.79 Å². The molecular formula is C9H15N2O3Y-. The van der Waals surface area contributed by atoms with Crippen molar-refractivity contribution in [1.29, 1.82) is 0 Å². The molecule has 2 N–H and O–H groups in total. The largest absolute Gasteiger partial charge is 0.460 e. The molecule has 0 unspecified atom stereocenters. The van der Waals surface area contributed by atoms with Gasteiger partial charge in [0.05, 0.1) is 19.1 Å². The van der Waals surface area contributed by atoms with E-state index in [-0.39, 0.29) is 38.6 Å². The molecule has 0 saturated carbocycles. The predicted octanol–water partition coefficient (Wildman–Crippen LogP) is -0.530. The fourth-order valence-corrected chi connectivity index (χ4v) is 1.96. The van der Waals surface area contributed by atoms with Crippen molar-refractivity contribution in [3.05, 3.63) is 6.54 Å². The number of nitrogens with two attached hydrogens (primary N) is 1. The van der Waals surface area contributed by atoms with Crippen LogP contribution >= 0.6 is 0 Å². The van der Waals surface area contributed by atoms with Gasteiger partial charge < -0.3 is 24.9 Å². The summed E-state index contributed by atoms with van der Waals surface area (Å²) >= 11 is 0. The molecule has 0 aromatic heterocycles. The van der Waals surface area contributed by atoms with Crippen molar-refractivity contribution in [2.45, 2.75) is 18.6 Å². The van der Waals surface area contributed by atoms with Gasteiger partial charge in [0.1, 0.15) is 0 Å². The van der Waals surface area contributed by atoms with E-state index in [1.807, 2.05) is 0 Å². The molecule has 2 rings (SSSR count). The van der Waals surface area contributed by atoms with E-state index >= 15 is 0 Å². The van der Waals surface area contributed by atoms with Crippen LogP contribution in [-0.4, -0.2) is 42.9 Å². The fourth-order valence-electron chi connectivity index (χ4n) is 1.96. The van der Waals surface area contributed by atoms with Crippen molar-refractivity contribution in [2.24, 2.45) is 5.73 Å². The zero-order valence-electron chi connectivity index (χ0n) is 8.65. The number of carbonyl (C=O) groups excluding carboxylic acids is 1. The molecule has 5 nitrogen and oxygen atoms in total. The molecule has 2 heterocycles. The summed E-state index contributed by atoms with van der Waals surface area (Å²) in [6.45, 7) is 3.75. The molecule has 1 radical (unpaired) electrons. The molecule has 6 heteroatoms. The van der Waals surface area contributed by atoms with Crippen LogP contribution < -0.4 is 5.73 Å². The number of likely N-dealkylation sites (tertiary alicyclic amines) is 1. The molecule has 83 valence electrons. The number of rotatable bonds is 1. The Morgan fingerprint density at radius 3 is 2.27 bits per heavy atom. The third-order valence-electron chi connectivity index (χ3n) is 2.79. The van der Waals surface area contributed by atoms with Crippen LogP contribution in [0.5, 0.6) is 0 Å². The minimum Gasteiger partial charge on any atom is -0.460 e. The third-order valence-corrected chi connectivity index (χ3v) is 2.79. The summed E-state index contributed by atoms with van der Waals surface area (Å²) in [6.07, 6.45) is 1.49. The predicted molar refractivity (Wildman–Crippen MR) is 48.9 cm³/mol. The van der Waals surface area contributed by atoms with Gasteiger partial charge in [-0.25, -0.2) is 6.54 Å². The first-order valence-electron chi connectivity index (χ1n) is 4.87. The van der Waals surface area contributed by atoms with Gasteiger partial charge in [0.2, 0.25) is 0 Å². The number of ether oxygens (including phenoxy) is 2. The summed E-state index contributed by atoms with van der Waals surface area (Å²) in [5.41, 5.74) is 5.17. The Hall–Kier alpha value is 0.324. The molecule has 0 atom stereocenters. The standard InChI is InChI=1S/C9H15N2O3.Y/c10-7-8(12)11-3-1-9(2-4-11)13-5-6-14-9;/h7H,1-6,10H2;/q-1;. The molecule has 0 bridgehead atoms. The molecule has 0 aromatic rings. The molecule has 0 aliphatic carbocycles. The molecule has 2 aliphatic rings. The first-order valence-corrected chi connectivity index (χ1v) is 4.87. The smallest absolute Gasteiger partial charge is 0.171 e. The van der Waals surface area contributed by atoms with Gasteiger partial charge in [0, 0.05) is 58.6 Å². The van der Waals surface area contributed by atoms with Gasteiger partial charge in [-0.3, -0.25) is 0 Å². The SMILES string of the molecule is N[CH-]C(=O)N1CCC2(CC1)OCCO2.[Y]. The van der Waals surface area contributed by atoms with E-state index in [1.54, 1.807) is 4.90 Å². The summed E-state index contributed by atoms with van der Waals surface area (Å²) in [6, 6.07) is 0. The second-order valence-electron chi connectivity index (χ2n) is 3.60. The molecule has 2 saturated heterocycles. The van der Waals surface area contributed by atoms with E-state index in [2.05, 4.69) is 0 Å². The molecule has 2 aliphatic heterocycles. The molecule has 0 aromatic carbocycles. The molecule has 2 fully saturated rings. The quantitative estimate of drug-likeness (QED) is 0.659. The molecule has 15 heavy (non-hydrogen) atoms. The monoisotopic (exact) mass is 288 g/mol. The number of amides is 1. The Morgan fingerprint density at radius 2 is 1.80 bits per heavy atom. The van der Waals surface area contributed by atoms with E-state index in [0.29, 0.717) is 26.3 Å². The maximum absolute atomic E-state index is 11.2. The van der Waals surface area contributed by atoms with Gasteiger partial charge in [-0.2, -0.15) is 0 Å². The summed E-state index contributed by atoms with van der Waals surface area (Å²) in [5.74, 6) is -0.524. The van der Waals surface area contributed by atoms with Crippen LogP contribution in [0.1, 0.15) is 12.8 Å². The van der Waals surface area contributed by atoms with Gasteiger partial charge in [-0.15, -0.1) is 0 Å². The van der Waals surface area contributed by atoms with Gasteiger partial charge in [0.25, 0.3) is 0 Å². The summed E-state index contributed by atoms with van der Waals surface area (Å²) in [7, 11) is 0. The van der Waals surface area contributed by atoms with Gasteiger partial charge in [-0.1, -0.05) is 0 Å². The van der Waals surface area contributed by atoms with E-state index in [0.717, 1.165) is 19.4 Å². The summed E-state index contributed by atoms with van der Waals surface area (Å²) in [5, 5.41) is 0. The fraction of sp³-hybridized carbons (Fsp3) is 0.778. The van der Waals surface area contributed by atoms with E-state index < -0.39 is 5.79 Å². The second-order valence-corrected chi connectivity index (χ2v) is 3.60.